The maximum absolute atomic E-state index is 10.5. The number of carbonyl (C=O) groups excluding carboxylic acids is 4. The van der Waals surface area contributed by atoms with Crippen LogP contribution in [0.4, 0.5) is 0 Å². The van der Waals surface area contributed by atoms with E-state index in [1.54, 1.807) is 6.92 Å². The molecular weight excluding hydrogens is 290 g/mol. The molecule has 0 bridgehead atoms. The molecule has 0 aliphatic rings. The number of hydrogen-bond acceptors (Lipinski definition) is 6. The van der Waals surface area contributed by atoms with Crippen molar-refractivity contribution in [2.45, 2.75) is 34.6 Å². The zero-order chi connectivity index (χ0) is 18.7. The van der Waals surface area contributed by atoms with Gasteiger partial charge in [-0.2, -0.15) is 0 Å². The van der Waals surface area contributed by atoms with Crippen molar-refractivity contribution in [2.75, 3.05) is 13.2 Å². The van der Waals surface area contributed by atoms with Crippen molar-refractivity contribution in [1.29, 1.82) is 0 Å². The van der Waals surface area contributed by atoms with Crippen molar-refractivity contribution in [1.82, 2.24) is 0 Å². The molecular formula is C15H27NO6. The minimum Gasteiger partial charge on any atom is -0.460 e. The number of carbonyl (C=O) groups is 4. The Morgan fingerprint density at radius 3 is 1.45 bits per heavy atom. The number of hydrogen-bond donors (Lipinski definition) is 2. The van der Waals surface area contributed by atoms with Gasteiger partial charge < -0.3 is 25.2 Å². The van der Waals surface area contributed by atoms with Crippen molar-refractivity contribution < 1.29 is 29.0 Å². The number of aliphatic hydroxyl groups excluding tert-OH is 1. The number of amides is 1. The largest absolute Gasteiger partial charge is 0.460 e. The van der Waals surface area contributed by atoms with Crippen LogP contribution in [0.3, 0.4) is 0 Å². The Morgan fingerprint density at radius 2 is 1.32 bits per heavy atom. The number of aliphatic hydroxyl groups is 1. The fourth-order valence-electron chi connectivity index (χ4n) is 0.262. The second kappa shape index (κ2) is 21.0. The van der Waals surface area contributed by atoms with Crippen LogP contribution in [0.1, 0.15) is 34.6 Å². The fraction of sp³-hybridized carbons (Fsp3) is 0.467. The van der Waals surface area contributed by atoms with Gasteiger partial charge in [-0.3, -0.25) is 4.79 Å². The quantitative estimate of drug-likeness (QED) is 0.587. The number of primary amides is 1. The second-order valence-corrected chi connectivity index (χ2v) is 4.06. The van der Waals surface area contributed by atoms with Gasteiger partial charge in [-0.05, 0) is 40.7 Å². The minimum absolute atomic E-state index is 0.0473. The molecule has 3 N–H and O–H groups in total. The molecule has 0 radical (unpaired) electrons. The Kier molecular flexibility index (Phi) is 26.7. The Bertz CT molecular complexity index is 354. The molecule has 0 aromatic rings. The van der Waals surface area contributed by atoms with E-state index in [1.165, 1.54) is 27.7 Å². The summed E-state index contributed by atoms with van der Waals surface area (Å²) in [7, 11) is 0. The van der Waals surface area contributed by atoms with E-state index in [0.717, 1.165) is 6.08 Å². The molecule has 0 rings (SSSR count). The van der Waals surface area contributed by atoms with Crippen LogP contribution in [0.2, 0.25) is 0 Å². The number of nitrogens with two attached hydrogens (primary N) is 1. The van der Waals surface area contributed by atoms with Gasteiger partial charge in [0.05, 0.1) is 6.61 Å². The first-order chi connectivity index (χ1) is 9.91. The highest BCUT2D eigenvalue weighted by molar-refractivity contribution is 5.86. The zero-order valence-corrected chi connectivity index (χ0v) is 14.0. The molecule has 22 heavy (non-hydrogen) atoms. The van der Waals surface area contributed by atoms with Crippen LogP contribution in [-0.2, 0) is 23.9 Å². The number of rotatable bonds is 4. The molecule has 0 atom stereocenters. The zero-order valence-electron chi connectivity index (χ0n) is 14.0. The van der Waals surface area contributed by atoms with E-state index >= 15 is 0 Å². The molecule has 0 aliphatic heterocycles. The summed E-state index contributed by atoms with van der Waals surface area (Å²) >= 11 is 0. The van der Waals surface area contributed by atoms with E-state index in [-0.39, 0.29) is 24.8 Å². The maximum atomic E-state index is 10.5. The van der Waals surface area contributed by atoms with Gasteiger partial charge in [-0.15, -0.1) is 0 Å². The highest BCUT2D eigenvalue weighted by Gasteiger charge is 1.99. The highest BCUT2D eigenvalue weighted by Crippen LogP contribution is 1.89. The summed E-state index contributed by atoms with van der Waals surface area (Å²) in [4.78, 5) is 38.8. The lowest BCUT2D eigenvalue weighted by Gasteiger charge is -1.99. The third-order valence-electron chi connectivity index (χ3n) is 0.874. The van der Waals surface area contributed by atoms with Gasteiger partial charge in [0, 0.05) is 5.57 Å². The minimum atomic E-state index is -0.481. The van der Waals surface area contributed by atoms with E-state index < -0.39 is 11.9 Å². The first kappa shape index (κ1) is 28.0. The van der Waals surface area contributed by atoms with Crippen LogP contribution in [-0.4, -0.2) is 41.8 Å². The molecule has 7 nitrogen and oxygen atoms in total. The summed E-state index contributed by atoms with van der Waals surface area (Å²) in [6.07, 6.45) is 1.06. The van der Waals surface area contributed by atoms with Gasteiger partial charge in [0.25, 0.3) is 0 Å². The first-order valence-electron chi connectivity index (χ1n) is 6.21. The third-order valence-corrected chi connectivity index (χ3v) is 0.874. The molecule has 0 spiro atoms. The van der Waals surface area contributed by atoms with E-state index in [2.05, 4.69) is 23.6 Å². The molecule has 0 fully saturated rings. The molecule has 0 saturated carbocycles. The molecule has 0 unspecified atom stereocenters. The molecule has 128 valence electrons. The van der Waals surface area contributed by atoms with Crippen LogP contribution < -0.4 is 5.73 Å². The molecule has 7 heteroatoms. The predicted octanol–water partition coefficient (Wildman–Crippen LogP) is 0.946. The fourth-order valence-corrected chi connectivity index (χ4v) is 0.262. The van der Waals surface area contributed by atoms with Crippen LogP contribution in [0.15, 0.2) is 24.8 Å². The van der Waals surface area contributed by atoms with Crippen LogP contribution in [0.25, 0.3) is 0 Å². The normalized spacial score (nSPS) is 7.36. The van der Waals surface area contributed by atoms with E-state index in [0.29, 0.717) is 5.57 Å². The van der Waals surface area contributed by atoms with Gasteiger partial charge in [-0.1, -0.05) is 13.2 Å². The van der Waals surface area contributed by atoms with Gasteiger partial charge in [0.1, 0.15) is 18.2 Å². The molecule has 0 aromatic heterocycles. The molecule has 0 aromatic carbocycles. The van der Waals surface area contributed by atoms with Crippen molar-refractivity contribution in [2.24, 2.45) is 5.73 Å². The average Bonchev–Trinajstić information content (AvgIpc) is 2.35. The SMILES string of the molecule is C=C(C)C(=O)OCCO.C=CC(N)=O.CC(C)=O.CC(C)=O. The lowest BCUT2D eigenvalue weighted by molar-refractivity contribution is -0.139. The monoisotopic (exact) mass is 317 g/mol. The van der Waals surface area contributed by atoms with Gasteiger partial charge in [-0.25, -0.2) is 4.79 Å². The Labute approximate surface area is 131 Å². The molecule has 0 aliphatic carbocycles. The Morgan fingerprint density at radius 1 is 1.05 bits per heavy atom. The topological polar surface area (TPSA) is 124 Å². The standard InChI is InChI=1S/C6H10O3.C3H5NO.2C3H6O/c1-5(2)6(8)9-4-3-7;1-2-3(4)5;2*1-3(2)4/h7H,1,3-4H2,2H3;2H,1H2,(H2,4,5);2*1-2H3. The van der Waals surface area contributed by atoms with E-state index in [4.69, 9.17) is 5.11 Å². The number of Topliss-reactive ketones (excluding diaryl/α,β-unsaturated/α-hetero) is 2. The van der Waals surface area contributed by atoms with Crippen molar-refractivity contribution in [3.05, 3.63) is 24.8 Å². The number of ether oxygens (including phenoxy) is 1. The average molecular weight is 317 g/mol. The van der Waals surface area contributed by atoms with E-state index in [1.807, 2.05) is 0 Å². The summed E-state index contributed by atoms with van der Waals surface area (Å²) in [5, 5.41) is 8.19. The van der Waals surface area contributed by atoms with Crippen LogP contribution >= 0.6 is 0 Å². The first-order valence-corrected chi connectivity index (χ1v) is 6.21. The molecule has 0 heterocycles. The van der Waals surface area contributed by atoms with Crippen molar-refractivity contribution in [3.63, 3.8) is 0 Å². The van der Waals surface area contributed by atoms with E-state index in [9.17, 15) is 19.2 Å². The lowest BCUT2D eigenvalue weighted by atomic mass is 10.4. The summed E-state index contributed by atoms with van der Waals surface area (Å²) in [5.41, 5.74) is 4.89. The maximum Gasteiger partial charge on any atom is 0.333 e. The number of ketones is 2. The van der Waals surface area contributed by atoms with Gasteiger partial charge in [0.15, 0.2) is 0 Å². The van der Waals surface area contributed by atoms with Gasteiger partial charge in [0.2, 0.25) is 5.91 Å². The summed E-state index contributed by atoms with van der Waals surface area (Å²) in [6, 6.07) is 0. The van der Waals surface area contributed by atoms with Crippen molar-refractivity contribution in [3.8, 4) is 0 Å². The molecule has 0 saturated heterocycles. The summed E-state index contributed by atoms with van der Waals surface area (Å²) in [5.74, 6) is -0.603. The Balaban J connectivity index is -0.000000107. The Hall–Kier alpha value is -2.28. The summed E-state index contributed by atoms with van der Waals surface area (Å²) < 4.78 is 4.46. The lowest BCUT2D eigenvalue weighted by Crippen LogP contribution is -2.08. The van der Waals surface area contributed by atoms with Crippen molar-refractivity contribution >= 4 is 23.4 Å². The summed E-state index contributed by atoms with van der Waals surface area (Å²) in [6.45, 7) is 14.0. The van der Waals surface area contributed by atoms with Crippen LogP contribution in [0.5, 0.6) is 0 Å². The predicted molar refractivity (Wildman–Crippen MR) is 85.0 cm³/mol. The highest BCUT2D eigenvalue weighted by atomic mass is 16.5. The smallest absolute Gasteiger partial charge is 0.333 e. The van der Waals surface area contributed by atoms with Gasteiger partial charge >= 0.3 is 5.97 Å². The molecule has 1 amide bonds. The second-order valence-electron chi connectivity index (χ2n) is 4.06. The third kappa shape index (κ3) is 83.1. The van der Waals surface area contributed by atoms with Crippen LogP contribution in [0, 0.1) is 0 Å². The number of esters is 1.